The van der Waals surface area contributed by atoms with Crippen molar-refractivity contribution >= 4 is 11.8 Å². The minimum atomic E-state index is -0.324. The first kappa shape index (κ1) is 22.9. The van der Waals surface area contributed by atoms with Crippen molar-refractivity contribution in [3.63, 3.8) is 0 Å². The number of nitrogens with zero attached hydrogens (tertiary/aromatic N) is 2. The van der Waals surface area contributed by atoms with Crippen molar-refractivity contribution in [2.24, 2.45) is 5.92 Å². The van der Waals surface area contributed by atoms with Crippen LogP contribution in [0.4, 0.5) is 0 Å². The van der Waals surface area contributed by atoms with Crippen molar-refractivity contribution in [1.29, 1.82) is 0 Å². The number of fused-ring (bicyclic) bond motifs is 1. The molecule has 0 saturated heterocycles. The Bertz CT molecular complexity index is 1240. The van der Waals surface area contributed by atoms with E-state index in [1.54, 1.807) is 6.08 Å². The largest absolute Gasteiger partial charge is 0.484 e. The summed E-state index contributed by atoms with van der Waals surface area (Å²) in [5, 5.41) is 2.67. The third-order valence-electron chi connectivity index (χ3n) is 6.50. The number of hydrogen-bond donors (Lipinski definition) is 1. The molecule has 2 aliphatic rings. The van der Waals surface area contributed by atoms with Gasteiger partial charge in [0.1, 0.15) is 12.0 Å². The van der Waals surface area contributed by atoms with E-state index in [-0.39, 0.29) is 36.1 Å². The number of carbonyl (C=O) groups excluding carboxylic acids is 2. The molecule has 5 rings (SSSR count). The van der Waals surface area contributed by atoms with Crippen LogP contribution in [0.2, 0.25) is 0 Å². The molecule has 180 valence electrons. The van der Waals surface area contributed by atoms with Gasteiger partial charge in [0.25, 0.3) is 5.91 Å². The van der Waals surface area contributed by atoms with E-state index in [1.165, 1.54) is 17.4 Å². The van der Waals surface area contributed by atoms with E-state index in [0.717, 1.165) is 30.4 Å². The van der Waals surface area contributed by atoms with Gasteiger partial charge in [-0.1, -0.05) is 42.0 Å². The molecular formula is C28H29N3O4. The number of amides is 2. The Kier molecular flexibility index (Phi) is 6.40. The highest BCUT2D eigenvalue weighted by Gasteiger charge is 2.39. The molecule has 1 fully saturated rings. The molecule has 0 unspecified atom stereocenters. The van der Waals surface area contributed by atoms with E-state index in [9.17, 15) is 9.59 Å². The van der Waals surface area contributed by atoms with Crippen LogP contribution in [0, 0.1) is 12.8 Å². The SMILES string of the molecule is C=CCNC(=O)c1coc(COc2ccc3c(c2)[C@@H](c2ccc(C)cc2)N(C(=O)C2CC2)CC3)n1. The minimum Gasteiger partial charge on any atom is -0.484 e. The van der Waals surface area contributed by atoms with Crippen molar-refractivity contribution in [3.8, 4) is 5.75 Å². The van der Waals surface area contributed by atoms with Crippen molar-refractivity contribution in [2.75, 3.05) is 13.1 Å². The number of aryl methyl sites for hydroxylation is 1. The van der Waals surface area contributed by atoms with Crippen LogP contribution < -0.4 is 10.1 Å². The van der Waals surface area contributed by atoms with Crippen LogP contribution in [0.5, 0.6) is 5.75 Å². The van der Waals surface area contributed by atoms with Gasteiger partial charge >= 0.3 is 0 Å². The molecule has 7 heteroatoms. The smallest absolute Gasteiger partial charge is 0.273 e. The lowest BCUT2D eigenvalue weighted by Gasteiger charge is -2.38. The second-order valence-electron chi connectivity index (χ2n) is 9.14. The highest BCUT2D eigenvalue weighted by atomic mass is 16.5. The van der Waals surface area contributed by atoms with Crippen LogP contribution in [0.3, 0.4) is 0 Å². The summed E-state index contributed by atoms with van der Waals surface area (Å²) in [5.41, 5.74) is 4.80. The second kappa shape index (κ2) is 9.78. The molecule has 1 N–H and O–H groups in total. The average molecular weight is 472 g/mol. The molecule has 1 aliphatic heterocycles. The fraction of sp³-hybridized carbons (Fsp3) is 0.321. The summed E-state index contributed by atoms with van der Waals surface area (Å²) in [6.07, 6.45) is 5.70. The summed E-state index contributed by atoms with van der Waals surface area (Å²) in [6.45, 7) is 6.81. The lowest BCUT2D eigenvalue weighted by molar-refractivity contribution is -0.134. The van der Waals surface area contributed by atoms with Gasteiger partial charge in [0, 0.05) is 19.0 Å². The Morgan fingerprint density at radius 3 is 2.77 bits per heavy atom. The zero-order valence-electron chi connectivity index (χ0n) is 19.8. The lowest BCUT2D eigenvalue weighted by atomic mass is 9.87. The van der Waals surface area contributed by atoms with Gasteiger partial charge in [-0.25, -0.2) is 4.98 Å². The molecule has 0 spiro atoms. The number of ether oxygens (including phenoxy) is 1. The second-order valence-corrected chi connectivity index (χ2v) is 9.14. The van der Waals surface area contributed by atoms with Crippen LogP contribution >= 0.6 is 0 Å². The van der Waals surface area contributed by atoms with Gasteiger partial charge in [0.05, 0.1) is 6.04 Å². The fourth-order valence-electron chi connectivity index (χ4n) is 4.48. The summed E-state index contributed by atoms with van der Waals surface area (Å²) >= 11 is 0. The summed E-state index contributed by atoms with van der Waals surface area (Å²) in [5.74, 6) is 1.06. The number of hydrogen-bond acceptors (Lipinski definition) is 5. The molecule has 2 aromatic carbocycles. The quantitative estimate of drug-likeness (QED) is 0.494. The third kappa shape index (κ3) is 4.99. The number of nitrogens with one attached hydrogen (secondary N) is 1. The first-order valence-corrected chi connectivity index (χ1v) is 12.0. The molecule has 2 amide bonds. The Morgan fingerprint density at radius 1 is 1.23 bits per heavy atom. The zero-order valence-corrected chi connectivity index (χ0v) is 19.8. The number of benzene rings is 2. The number of oxazole rings is 1. The molecule has 1 saturated carbocycles. The number of carbonyl (C=O) groups is 2. The maximum absolute atomic E-state index is 13.2. The molecule has 1 aromatic heterocycles. The zero-order chi connectivity index (χ0) is 24.4. The topological polar surface area (TPSA) is 84.7 Å². The average Bonchev–Trinajstić information content (AvgIpc) is 3.62. The molecule has 1 atom stereocenters. The summed E-state index contributed by atoms with van der Waals surface area (Å²) in [4.78, 5) is 31.4. The first-order chi connectivity index (χ1) is 17.0. The van der Waals surface area contributed by atoms with Crippen LogP contribution in [-0.2, 0) is 17.8 Å². The maximum Gasteiger partial charge on any atom is 0.273 e. The van der Waals surface area contributed by atoms with E-state index in [0.29, 0.717) is 24.7 Å². The Hall–Kier alpha value is -3.87. The van der Waals surface area contributed by atoms with Crippen molar-refractivity contribution in [3.05, 3.63) is 95.2 Å². The van der Waals surface area contributed by atoms with E-state index in [2.05, 4.69) is 54.1 Å². The molecule has 1 aliphatic carbocycles. The van der Waals surface area contributed by atoms with Crippen molar-refractivity contribution < 1.29 is 18.7 Å². The number of rotatable bonds is 8. The van der Waals surface area contributed by atoms with Crippen molar-refractivity contribution in [1.82, 2.24) is 15.2 Å². The molecule has 35 heavy (non-hydrogen) atoms. The molecule has 2 heterocycles. The minimum absolute atomic E-state index is 0.0907. The summed E-state index contributed by atoms with van der Waals surface area (Å²) < 4.78 is 11.4. The van der Waals surface area contributed by atoms with Gasteiger partial charge in [-0.15, -0.1) is 6.58 Å². The monoisotopic (exact) mass is 471 g/mol. The van der Waals surface area contributed by atoms with Crippen molar-refractivity contribution in [2.45, 2.75) is 38.8 Å². The van der Waals surface area contributed by atoms with E-state index in [4.69, 9.17) is 9.15 Å². The molecule has 0 bridgehead atoms. The fourth-order valence-corrected chi connectivity index (χ4v) is 4.48. The Morgan fingerprint density at radius 2 is 2.03 bits per heavy atom. The predicted octanol–water partition coefficient (Wildman–Crippen LogP) is 4.36. The Labute approximate surface area is 204 Å². The van der Waals surface area contributed by atoms with Crippen LogP contribution in [0.1, 0.15) is 57.5 Å². The summed E-state index contributed by atoms with van der Waals surface area (Å²) in [7, 11) is 0. The molecular weight excluding hydrogens is 442 g/mol. The van der Waals surface area contributed by atoms with Gasteiger partial charge in [0.2, 0.25) is 11.8 Å². The first-order valence-electron chi connectivity index (χ1n) is 12.0. The van der Waals surface area contributed by atoms with Crippen LogP contribution in [-0.4, -0.2) is 34.8 Å². The van der Waals surface area contributed by atoms with Crippen LogP contribution in [0.15, 0.2) is 65.8 Å². The van der Waals surface area contributed by atoms with Gasteiger partial charge in [-0.2, -0.15) is 0 Å². The highest BCUT2D eigenvalue weighted by Crippen LogP contribution is 2.41. The summed E-state index contributed by atoms with van der Waals surface area (Å²) in [6, 6.07) is 14.3. The van der Waals surface area contributed by atoms with E-state index >= 15 is 0 Å². The number of aromatic nitrogens is 1. The van der Waals surface area contributed by atoms with E-state index in [1.807, 2.05) is 17.0 Å². The van der Waals surface area contributed by atoms with Gasteiger partial charge < -0.3 is 19.4 Å². The normalized spacial score (nSPS) is 16.9. The third-order valence-corrected chi connectivity index (χ3v) is 6.50. The standard InChI is InChI=1S/C28H29N3O4/c1-3-13-29-27(32)24-16-35-25(30-24)17-34-22-11-10-19-12-14-31(28(33)21-8-9-21)26(23(19)15-22)20-6-4-18(2)5-7-20/h3-7,10-11,15-16,21,26H,1,8-9,12-14,17H2,2H3,(H,29,32)/t26-/m1/s1. The lowest BCUT2D eigenvalue weighted by Crippen LogP contribution is -2.41. The Balaban J connectivity index is 1.37. The van der Waals surface area contributed by atoms with Gasteiger partial charge in [0.15, 0.2) is 12.3 Å². The van der Waals surface area contributed by atoms with Crippen LogP contribution in [0.25, 0.3) is 0 Å². The maximum atomic E-state index is 13.2. The highest BCUT2D eigenvalue weighted by molar-refractivity contribution is 5.91. The molecule has 0 radical (unpaired) electrons. The molecule has 7 nitrogen and oxygen atoms in total. The molecule has 3 aromatic rings. The predicted molar refractivity (Wildman–Crippen MR) is 131 cm³/mol. The van der Waals surface area contributed by atoms with E-state index < -0.39 is 0 Å². The van der Waals surface area contributed by atoms with Gasteiger partial charge in [-0.05, 0) is 55.0 Å². The van der Waals surface area contributed by atoms with Gasteiger partial charge in [-0.3, -0.25) is 9.59 Å².